The molecule has 0 unspecified atom stereocenters. The molecule has 4 rings (SSSR count). The molecule has 1 aromatic heterocycles. The number of amides is 1. The molecular weight excluding hydrogens is 444 g/mol. The Balaban J connectivity index is 1.29. The van der Waals surface area contributed by atoms with Crippen molar-refractivity contribution in [2.75, 3.05) is 38.0 Å². The van der Waals surface area contributed by atoms with E-state index < -0.39 is 10.0 Å². The van der Waals surface area contributed by atoms with Crippen molar-refractivity contribution < 1.29 is 13.2 Å². The molecule has 168 valence electrons. The van der Waals surface area contributed by atoms with Gasteiger partial charge in [0.1, 0.15) is 0 Å². The van der Waals surface area contributed by atoms with E-state index in [0.717, 1.165) is 16.8 Å². The number of piperazine rings is 1. The average molecular weight is 471 g/mol. The fourth-order valence-electron chi connectivity index (χ4n) is 3.54. The Labute approximate surface area is 192 Å². The van der Waals surface area contributed by atoms with Gasteiger partial charge < -0.3 is 5.32 Å². The van der Waals surface area contributed by atoms with Crippen LogP contribution in [0.3, 0.4) is 0 Å². The SMILES string of the molecule is Cc1ccc(-c2csc(NC(=O)CN3CCN(S(=O)(=O)c4ccc(C)cc4)CC3)n2)cc1. The number of aromatic nitrogens is 1. The van der Waals surface area contributed by atoms with Gasteiger partial charge in [0, 0.05) is 37.1 Å². The lowest BCUT2D eigenvalue weighted by Gasteiger charge is -2.33. The Bertz CT molecular complexity index is 1180. The van der Waals surface area contributed by atoms with Crippen molar-refractivity contribution in [3.8, 4) is 11.3 Å². The predicted molar refractivity (Wildman–Crippen MR) is 127 cm³/mol. The van der Waals surface area contributed by atoms with Crippen molar-refractivity contribution in [2.45, 2.75) is 18.7 Å². The van der Waals surface area contributed by atoms with Gasteiger partial charge in [-0.1, -0.05) is 47.5 Å². The molecular formula is C23H26N4O3S2. The minimum Gasteiger partial charge on any atom is -0.301 e. The van der Waals surface area contributed by atoms with Gasteiger partial charge in [0.2, 0.25) is 15.9 Å². The van der Waals surface area contributed by atoms with E-state index in [1.165, 1.54) is 21.2 Å². The maximum absolute atomic E-state index is 12.8. The third kappa shape index (κ3) is 5.24. The number of thiazole rings is 1. The number of anilines is 1. The summed E-state index contributed by atoms with van der Waals surface area (Å²) in [7, 11) is -3.51. The number of hydrogen-bond acceptors (Lipinski definition) is 6. The smallest absolute Gasteiger partial charge is 0.243 e. The number of sulfonamides is 1. The fourth-order valence-corrected chi connectivity index (χ4v) is 5.70. The van der Waals surface area contributed by atoms with Gasteiger partial charge in [-0.15, -0.1) is 11.3 Å². The third-order valence-corrected chi connectivity index (χ3v) is 8.13. The normalized spacial score (nSPS) is 15.6. The Morgan fingerprint density at radius 2 is 1.56 bits per heavy atom. The molecule has 0 aliphatic carbocycles. The van der Waals surface area contributed by atoms with Crippen LogP contribution in [0.1, 0.15) is 11.1 Å². The second-order valence-electron chi connectivity index (χ2n) is 7.95. The fraction of sp³-hybridized carbons (Fsp3) is 0.304. The van der Waals surface area contributed by atoms with Crippen molar-refractivity contribution >= 4 is 32.4 Å². The van der Waals surface area contributed by atoms with E-state index in [2.05, 4.69) is 10.3 Å². The molecule has 1 amide bonds. The summed E-state index contributed by atoms with van der Waals surface area (Å²) < 4.78 is 27.1. The van der Waals surface area contributed by atoms with Gasteiger partial charge in [-0.05, 0) is 26.0 Å². The number of benzene rings is 2. The Hall–Kier alpha value is -2.59. The van der Waals surface area contributed by atoms with E-state index in [4.69, 9.17) is 0 Å². The first-order chi connectivity index (χ1) is 15.3. The van der Waals surface area contributed by atoms with Gasteiger partial charge in [-0.3, -0.25) is 9.69 Å². The first-order valence-electron chi connectivity index (χ1n) is 10.4. The molecule has 0 bridgehead atoms. The monoisotopic (exact) mass is 470 g/mol. The van der Waals surface area contributed by atoms with E-state index >= 15 is 0 Å². The maximum Gasteiger partial charge on any atom is 0.243 e. The van der Waals surface area contributed by atoms with E-state index in [-0.39, 0.29) is 12.5 Å². The molecule has 0 spiro atoms. The largest absolute Gasteiger partial charge is 0.301 e. The summed E-state index contributed by atoms with van der Waals surface area (Å²) in [5, 5.41) is 5.35. The second-order valence-corrected chi connectivity index (χ2v) is 10.7. The lowest BCUT2D eigenvalue weighted by molar-refractivity contribution is -0.117. The number of carbonyl (C=O) groups excluding carboxylic acids is 1. The number of nitrogens with one attached hydrogen (secondary N) is 1. The van der Waals surface area contributed by atoms with Crippen LogP contribution in [0.2, 0.25) is 0 Å². The van der Waals surface area contributed by atoms with Crippen molar-refractivity contribution in [3.63, 3.8) is 0 Å². The number of nitrogens with zero attached hydrogens (tertiary/aromatic N) is 3. The van der Waals surface area contributed by atoms with Gasteiger partial charge in [0.25, 0.3) is 0 Å². The van der Waals surface area contributed by atoms with Gasteiger partial charge in [-0.25, -0.2) is 13.4 Å². The molecule has 0 atom stereocenters. The van der Waals surface area contributed by atoms with Crippen LogP contribution in [0.4, 0.5) is 5.13 Å². The average Bonchev–Trinajstić information content (AvgIpc) is 3.23. The molecule has 0 radical (unpaired) electrons. The molecule has 1 saturated heterocycles. The number of carbonyl (C=O) groups is 1. The van der Waals surface area contributed by atoms with Crippen LogP contribution in [0, 0.1) is 13.8 Å². The number of rotatable bonds is 6. The van der Waals surface area contributed by atoms with Crippen LogP contribution in [0.15, 0.2) is 58.8 Å². The number of aryl methyl sites for hydroxylation is 2. The van der Waals surface area contributed by atoms with Gasteiger partial charge >= 0.3 is 0 Å². The highest BCUT2D eigenvalue weighted by molar-refractivity contribution is 7.89. The van der Waals surface area contributed by atoms with Crippen molar-refractivity contribution in [1.29, 1.82) is 0 Å². The molecule has 0 saturated carbocycles. The van der Waals surface area contributed by atoms with E-state index in [1.54, 1.807) is 24.3 Å². The zero-order valence-corrected chi connectivity index (χ0v) is 19.7. The minimum atomic E-state index is -3.51. The zero-order valence-electron chi connectivity index (χ0n) is 18.1. The van der Waals surface area contributed by atoms with Crippen molar-refractivity contribution in [1.82, 2.24) is 14.2 Å². The summed E-state index contributed by atoms with van der Waals surface area (Å²) in [5.74, 6) is -0.148. The Morgan fingerprint density at radius 3 is 2.19 bits per heavy atom. The minimum absolute atomic E-state index is 0.148. The molecule has 3 aromatic rings. The quantitative estimate of drug-likeness (QED) is 0.597. The molecule has 2 aromatic carbocycles. The van der Waals surface area contributed by atoms with E-state index in [9.17, 15) is 13.2 Å². The van der Waals surface area contributed by atoms with Crippen LogP contribution >= 0.6 is 11.3 Å². The second kappa shape index (κ2) is 9.50. The Kier molecular flexibility index (Phi) is 6.71. The summed E-state index contributed by atoms with van der Waals surface area (Å²) in [5.41, 5.74) is 4.05. The molecule has 7 nitrogen and oxygen atoms in total. The highest BCUT2D eigenvalue weighted by Gasteiger charge is 2.29. The third-order valence-electron chi connectivity index (χ3n) is 5.46. The van der Waals surface area contributed by atoms with Crippen molar-refractivity contribution in [2.24, 2.45) is 0 Å². The van der Waals surface area contributed by atoms with Crippen LogP contribution in [0.25, 0.3) is 11.3 Å². The standard InChI is InChI=1S/C23H26N4O3S2/c1-17-3-7-19(8-4-17)21-16-31-23(24-21)25-22(28)15-26-11-13-27(14-12-26)32(29,30)20-9-5-18(2)6-10-20/h3-10,16H,11-15H2,1-2H3,(H,24,25,28). The highest BCUT2D eigenvalue weighted by Crippen LogP contribution is 2.25. The number of hydrogen-bond donors (Lipinski definition) is 1. The lowest BCUT2D eigenvalue weighted by Crippen LogP contribution is -2.50. The molecule has 2 heterocycles. The summed E-state index contributed by atoms with van der Waals surface area (Å²) in [6.07, 6.45) is 0. The molecule has 32 heavy (non-hydrogen) atoms. The molecule has 1 aliphatic heterocycles. The topological polar surface area (TPSA) is 82.6 Å². The first kappa shape index (κ1) is 22.6. The maximum atomic E-state index is 12.8. The summed E-state index contributed by atoms with van der Waals surface area (Å²) in [6, 6.07) is 15.0. The van der Waals surface area contributed by atoms with Gasteiger partial charge in [-0.2, -0.15) is 4.31 Å². The Morgan fingerprint density at radius 1 is 0.969 bits per heavy atom. The first-order valence-corrected chi connectivity index (χ1v) is 12.7. The van der Waals surface area contributed by atoms with E-state index in [0.29, 0.717) is 36.2 Å². The van der Waals surface area contributed by atoms with Gasteiger partial charge in [0.15, 0.2) is 5.13 Å². The summed E-state index contributed by atoms with van der Waals surface area (Å²) >= 11 is 1.39. The van der Waals surface area contributed by atoms with Crippen LogP contribution in [0.5, 0.6) is 0 Å². The zero-order chi connectivity index (χ0) is 22.7. The predicted octanol–water partition coefficient (Wildman–Crippen LogP) is 3.37. The molecule has 1 fully saturated rings. The van der Waals surface area contributed by atoms with Gasteiger partial charge in [0.05, 0.1) is 17.1 Å². The molecule has 1 N–H and O–H groups in total. The van der Waals surface area contributed by atoms with Crippen LogP contribution in [-0.2, 0) is 14.8 Å². The van der Waals surface area contributed by atoms with Crippen LogP contribution in [-0.4, -0.2) is 61.2 Å². The summed E-state index contributed by atoms with van der Waals surface area (Å²) in [4.78, 5) is 19.3. The highest BCUT2D eigenvalue weighted by atomic mass is 32.2. The molecule has 9 heteroatoms. The molecule has 1 aliphatic rings. The summed E-state index contributed by atoms with van der Waals surface area (Å²) in [6.45, 7) is 5.90. The van der Waals surface area contributed by atoms with Crippen molar-refractivity contribution in [3.05, 3.63) is 65.0 Å². The lowest BCUT2D eigenvalue weighted by atomic mass is 10.1. The van der Waals surface area contributed by atoms with Crippen LogP contribution < -0.4 is 5.32 Å². The van der Waals surface area contributed by atoms with E-state index in [1.807, 2.05) is 48.4 Å².